The molecule has 0 spiro atoms. The minimum atomic E-state index is -0.0703. The number of phenolic OH excluding ortho intramolecular Hbond substituents is 2. The third-order valence-corrected chi connectivity index (χ3v) is 2.84. The molecular weight excluding hydrogens is 230 g/mol. The molecule has 3 N–H and O–H groups in total. The van der Waals surface area contributed by atoms with Crippen molar-refractivity contribution in [1.29, 1.82) is 0 Å². The SMILES string of the molecule is CC(NCc1ccn(C)n1)c1cc(O)ccc1O. The molecule has 5 nitrogen and oxygen atoms in total. The molecule has 1 heterocycles. The maximum absolute atomic E-state index is 9.74. The van der Waals surface area contributed by atoms with Crippen molar-refractivity contribution in [2.24, 2.45) is 7.05 Å². The van der Waals surface area contributed by atoms with Crippen molar-refractivity contribution in [3.05, 3.63) is 41.7 Å². The van der Waals surface area contributed by atoms with Crippen molar-refractivity contribution in [3.8, 4) is 11.5 Å². The Balaban J connectivity index is 2.03. The molecule has 1 aromatic carbocycles. The third-order valence-electron chi connectivity index (χ3n) is 2.84. The van der Waals surface area contributed by atoms with E-state index in [2.05, 4.69) is 10.4 Å². The van der Waals surface area contributed by atoms with Gasteiger partial charge in [-0.15, -0.1) is 0 Å². The van der Waals surface area contributed by atoms with Gasteiger partial charge < -0.3 is 15.5 Å². The normalized spacial score (nSPS) is 12.6. The Morgan fingerprint density at radius 1 is 1.33 bits per heavy atom. The Morgan fingerprint density at radius 3 is 2.78 bits per heavy atom. The molecule has 2 aromatic rings. The Morgan fingerprint density at radius 2 is 2.11 bits per heavy atom. The molecule has 96 valence electrons. The Bertz CT molecular complexity index is 537. The van der Waals surface area contributed by atoms with Crippen LogP contribution in [0.2, 0.25) is 0 Å². The van der Waals surface area contributed by atoms with Crippen LogP contribution >= 0.6 is 0 Å². The zero-order valence-corrected chi connectivity index (χ0v) is 10.5. The Kier molecular flexibility index (Phi) is 3.53. The lowest BCUT2D eigenvalue weighted by molar-refractivity contribution is 0.440. The molecule has 0 saturated carbocycles. The molecule has 0 bridgehead atoms. The van der Waals surface area contributed by atoms with E-state index >= 15 is 0 Å². The van der Waals surface area contributed by atoms with Crippen LogP contribution in [0.4, 0.5) is 0 Å². The molecule has 1 aromatic heterocycles. The average molecular weight is 247 g/mol. The summed E-state index contributed by atoms with van der Waals surface area (Å²) in [5.41, 5.74) is 1.61. The average Bonchev–Trinajstić information content (AvgIpc) is 2.75. The van der Waals surface area contributed by atoms with Crippen LogP contribution in [0.3, 0.4) is 0 Å². The van der Waals surface area contributed by atoms with Gasteiger partial charge in [-0.1, -0.05) is 0 Å². The van der Waals surface area contributed by atoms with Crippen LogP contribution in [0.15, 0.2) is 30.5 Å². The van der Waals surface area contributed by atoms with Crippen LogP contribution in [0.1, 0.15) is 24.2 Å². The van der Waals surface area contributed by atoms with Gasteiger partial charge in [-0.25, -0.2) is 0 Å². The summed E-state index contributed by atoms with van der Waals surface area (Å²) in [4.78, 5) is 0. The van der Waals surface area contributed by atoms with Gasteiger partial charge in [0, 0.05) is 31.4 Å². The largest absolute Gasteiger partial charge is 0.508 e. The van der Waals surface area contributed by atoms with Crippen LogP contribution in [0, 0.1) is 0 Å². The van der Waals surface area contributed by atoms with Gasteiger partial charge >= 0.3 is 0 Å². The highest BCUT2D eigenvalue weighted by molar-refractivity contribution is 5.40. The van der Waals surface area contributed by atoms with E-state index in [1.54, 1.807) is 10.7 Å². The molecule has 5 heteroatoms. The van der Waals surface area contributed by atoms with Crippen LogP contribution in [0.25, 0.3) is 0 Å². The fourth-order valence-electron chi connectivity index (χ4n) is 1.81. The highest BCUT2D eigenvalue weighted by atomic mass is 16.3. The first kappa shape index (κ1) is 12.4. The fourth-order valence-corrected chi connectivity index (χ4v) is 1.81. The molecular formula is C13H17N3O2. The number of benzene rings is 1. The summed E-state index contributed by atoms with van der Waals surface area (Å²) in [6, 6.07) is 6.38. The van der Waals surface area contributed by atoms with Gasteiger partial charge in [-0.3, -0.25) is 4.68 Å². The van der Waals surface area contributed by atoms with E-state index in [1.165, 1.54) is 12.1 Å². The van der Waals surface area contributed by atoms with Crippen molar-refractivity contribution in [1.82, 2.24) is 15.1 Å². The number of phenols is 2. The van der Waals surface area contributed by atoms with E-state index in [9.17, 15) is 10.2 Å². The van der Waals surface area contributed by atoms with Crippen molar-refractivity contribution in [3.63, 3.8) is 0 Å². The molecule has 0 aliphatic carbocycles. The molecule has 0 fully saturated rings. The zero-order chi connectivity index (χ0) is 13.1. The second kappa shape index (κ2) is 5.10. The molecule has 1 unspecified atom stereocenters. The van der Waals surface area contributed by atoms with E-state index in [0.29, 0.717) is 12.1 Å². The lowest BCUT2D eigenvalue weighted by Crippen LogP contribution is -2.18. The highest BCUT2D eigenvalue weighted by Gasteiger charge is 2.11. The number of rotatable bonds is 4. The van der Waals surface area contributed by atoms with Gasteiger partial charge in [0.05, 0.1) is 5.69 Å². The van der Waals surface area contributed by atoms with Gasteiger partial charge in [0.1, 0.15) is 11.5 Å². The minimum Gasteiger partial charge on any atom is -0.508 e. The summed E-state index contributed by atoms with van der Waals surface area (Å²) in [5.74, 6) is 0.322. The smallest absolute Gasteiger partial charge is 0.120 e. The Hall–Kier alpha value is -2.01. The van der Waals surface area contributed by atoms with Gasteiger partial charge in [0.2, 0.25) is 0 Å². The number of aryl methyl sites for hydroxylation is 1. The lowest BCUT2D eigenvalue weighted by Gasteiger charge is -2.15. The first-order valence-corrected chi connectivity index (χ1v) is 5.80. The van der Waals surface area contributed by atoms with Crippen molar-refractivity contribution < 1.29 is 10.2 Å². The van der Waals surface area contributed by atoms with Crippen LogP contribution in [0.5, 0.6) is 11.5 Å². The summed E-state index contributed by atoms with van der Waals surface area (Å²) in [6.45, 7) is 2.54. The topological polar surface area (TPSA) is 70.3 Å². The molecule has 0 saturated heterocycles. The van der Waals surface area contributed by atoms with Crippen molar-refractivity contribution in [2.45, 2.75) is 19.5 Å². The number of aromatic nitrogens is 2. The minimum absolute atomic E-state index is 0.0703. The molecule has 0 aliphatic heterocycles. The third kappa shape index (κ3) is 2.81. The number of hydrogen-bond donors (Lipinski definition) is 3. The first-order valence-electron chi connectivity index (χ1n) is 5.80. The fraction of sp³-hybridized carbons (Fsp3) is 0.308. The second-order valence-corrected chi connectivity index (χ2v) is 4.33. The van der Waals surface area contributed by atoms with E-state index in [1.807, 2.05) is 26.2 Å². The second-order valence-electron chi connectivity index (χ2n) is 4.33. The summed E-state index contributed by atoms with van der Waals surface area (Å²) < 4.78 is 1.74. The summed E-state index contributed by atoms with van der Waals surface area (Å²) in [7, 11) is 1.87. The summed E-state index contributed by atoms with van der Waals surface area (Å²) >= 11 is 0. The van der Waals surface area contributed by atoms with Crippen molar-refractivity contribution >= 4 is 0 Å². The van der Waals surface area contributed by atoms with Gasteiger partial charge in [0.15, 0.2) is 0 Å². The molecule has 18 heavy (non-hydrogen) atoms. The number of aromatic hydroxyl groups is 2. The number of nitrogens with zero attached hydrogens (tertiary/aromatic N) is 2. The number of hydrogen-bond acceptors (Lipinski definition) is 4. The molecule has 0 amide bonds. The molecule has 2 rings (SSSR count). The van der Waals surface area contributed by atoms with Crippen LogP contribution < -0.4 is 5.32 Å². The van der Waals surface area contributed by atoms with Crippen LogP contribution in [-0.2, 0) is 13.6 Å². The summed E-state index contributed by atoms with van der Waals surface area (Å²) in [6.07, 6.45) is 1.88. The highest BCUT2D eigenvalue weighted by Crippen LogP contribution is 2.27. The first-order chi connectivity index (χ1) is 8.56. The maximum Gasteiger partial charge on any atom is 0.120 e. The van der Waals surface area contributed by atoms with E-state index in [4.69, 9.17) is 0 Å². The van der Waals surface area contributed by atoms with Gasteiger partial charge in [-0.2, -0.15) is 5.10 Å². The maximum atomic E-state index is 9.74. The van der Waals surface area contributed by atoms with Gasteiger partial charge in [-0.05, 0) is 31.2 Å². The number of nitrogens with one attached hydrogen (secondary N) is 1. The molecule has 0 radical (unpaired) electrons. The zero-order valence-electron chi connectivity index (χ0n) is 10.5. The van der Waals surface area contributed by atoms with Crippen LogP contribution in [-0.4, -0.2) is 20.0 Å². The van der Waals surface area contributed by atoms with Gasteiger partial charge in [0.25, 0.3) is 0 Å². The summed E-state index contributed by atoms with van der Waals surface area (Å²) in [5, 5.41) is 26.7. The van der Waals surface area contributed by atoms with Crippen molar-refractivity contribution in [2.75, 3.05) is 0 Å². The predicted octanol–water partition coefficient (Wildman–Crippen LogP) is 1.68. The molecule has 1 atom stereocenters. The predicted molar refractivity (Wildman–Crippen MR) is 68.2 cm³/mol. The Labute approximate surface area is 106 Å². The van der Waals surface area contributed by atoms with E-state index in [0.717, 1.165) is 5.69 Å². The lowest BCUT2D eigenvalue weighted by atomic mass is 10.1. The standard InChI is InChI=1S/C13H17N3O2/c1-9(12-7-11(17)3-4-13(12)18)14-8-10-5-6-16(2)15-10/h3-7,9,14,17-18H,8H2,1-2H3. The monoisotopic (exact) mass is 247 g/mol. The quantitative estimate of drug-likeness (QED) is 0.719. The van der Waals surface area contributed by atoms with E-state index in [-0.39, 0.29) is 17.5 Å². The van der Waals surface area contributed by atoms with E-state index < -0.39 is 0 Å². The molecule has 0 aliphatic rings.